The third kappa shape index (κ3) is 5.91. The highest BCUT2D eigenvalue weighted by Crippen LogP contribution is 2.47. The van der Waals surface area contributed by atoms with Crippen LogP contribution in [-0.2, 0) is 13.2 Å². The number of anilines is 4. The average molecular weight is 664 g/mol. The number of hydrogen-bond acceptors (Lipinski definition) is 7. The monoisotopic (exact) mass is 662 g/mol. The maximum atomic E-state index is 13.7. The fourth-order valence-corrected chi connectivity index (χ4v) is 7.03. The molecule has 228 valence electrons. The summed E-state index contributed by atoms with van der Waals surface area (Å²) in [7, 11) is 0. The number of carbonyl (C=O) groups excluding carboxylic acids is 2. The molecule has 2 aliphatic heterocycles. The summed E-state index contributed by atoms with van der Waals surface area (Å²) in [5.74, 6) is -0.276. The van der Waals surface area contributed by atoms with Crippen LogP contribution in [-0.4, -0.2) is 39.9 Å². The quantitative estimate of drug-likeness (QED) is 0.174. The Bertz CT molecular complexity index is 1950. The van der Waals surface area contributed by atoms with Crippen molar-refractivity contribution in [3.05, 3.63) is 98.9 Å². The Morgan fingerprint density at radius 1 is 1.02 bits per heavy atom. The fourth-order valence-electron chi connectivity index (χ4n) is 5.52. The zero-order valence-electron chi connectivity index (χ0n) is 23.6. The van der Waals surface area contributed by atoms with Gasteiger partial charge >= 0.3 is 6.03 Å². The normalized spacial score (nSPS) is 14.6. The van der Waals surface area contributed by atoms with Gasteiger partial charge in [-0.25, -0.2) is 24.1 Å². The number of carbonyl (C=O) groups is 2. The van der Waals surface area contributed by atoms with Crippen molar-refractivity contribution in [2.24, 2.45) is 0 Å². The van der Waals surface area contributed by atoms with E-state index in [1.54, 1.807) is 12.1 Å². The number of urea groups is 1. The summed E-state index contributed by atoms with van der Waals surface area (Å²) in [4.78, 5) is 40.4. The molecule has 4 heterocycles. The third-order valence-electron chi connectivity index (χ3n) is 7.66. The molecule has 0 radical (unpaired) electrons. The molecule has 0 unspecified atom stereocenters. The van der Waals surface area contributed by atoms with Gasteiger partial charge in [-0.2, -0.15) is 0 Å². The van der Waals surface area contributed by atoms with E-state index in [-0.39, 0.29) is 45.6 Å². The lowest BCUT2D eigenvalue weighted by atomic mass is 10.1. The van der Waals surface area contributed by atoms with Crippen LogP contribution in [0.4, 0.5) is 32.1 Å². The van der Waals surface area contributed by atoms with Crippen LogP contribution in [0.1, 0.15) is 33.6 Å². The predicted molar refractivity (Wildman–Crippen MR) is 175 cm³/mol. The summed E-state index contributed by atoms with van der Waals surface area (Å²) in [6, 6.07) is 16.2. The van der Waals surface area contributed by atoms with Gasteiger partial charge in [0.15, 0.2) is 5.82 Å². The van der Waals surface area contributed by atoms with Crippen molar-refractivity contribution in [2.45, 2.75) is 26.0 Å². The first-order valence-corrected chi connectivity index (χ1v) is 15.8. The molecule has 0 bridgehead atoms. The summed E-state index contributed by atoms with van der Waals surface area (Å²) >= 11 is 14.1. The lowest BCUT2D eigenvalue weighted by Crippen LogP contribution is -2.35. The van der Waals surface area contributed by atoms with Crippen LogP contribution >= 0.6 is 34.5 Å². The zero-order chi connectivity index (χ0) is 31.1. The molecule has 0 saturated carbocycles. The summed E-state index contributed by atoms with van der Waals surface area (Å²) in [5.41, 5.74) is 3.00. The maximum Gasteiger partial charge on any atom is 0.332 e. The van der Waals surface area contributed by atoms with E-state index in [4.69, 9.17) is 27.9 Å². The summed E-state index contributed by atoms with van der Waals surface area (Å²) in [6.45, 7) is 3.14. The number of thiophene rings is 1. The summed E-state index contributed by atoms with van der Waals surface area (Å²) < 4.78 is 19.5. The molecule has 2 N–H and O–H groups in total. The summed E-state index contributed by atoms with van der Waals surface area (Å²) in [5, 5.41) is 6.66. The van der Waals surface area contributed by atoms with Gasteiger partial charge < -0.3 is 15.4 Å². The van der Waals surface area contributed by atoms with E-state index in [0.717, 1.165) is 31.0 Å². The van der Waals surface area contributed by atoms with Gasteiger partial charge in [0.25, 0.3) is 5.91 Å². The van der Waals surface area contributed by atoms with Gasteiger partial charge in [0.1, 0.15) is 34.2 Å². The molecule has 7 rings (SSSR count). The molecule has 13 heteroatoms. The summed E-state index contributed by atoms with van der Waals surface area (Å²) in [6.07, 6.45) is 3.79. The minimum atomic E-state index is -0.582. The van der Waals surface area contributed by atoms with Gasteiger partial charge in [0.2, 0.25) is 0 Å². The lowest BCUT2D eigenvalue weighted by Gasteiger charge is -2.28. The van der Waals surface area contributed by atoms with Gasteiger partial charge in [-0.15, -0.1) is 11.3 Å². The minimum Gasteiger partial charge on any atom is -0.487 e. The van der Waals surface area contributed by atoms with Crippen molar-refractivity contribution >= 4 is 79.6 Å². The first-order chi connectivity index (χ1) is 21.8. The van der Waals surface area contributed by atoms with Crippen molar-refractivity contribution in [1.82, 2.24) is 14.9 Å². The van der Waals surface area contributed by atoms with E-state index in [1.165, 1.54) is 53.9 Å². The van der Waals surface area contributed by atoms with E-state index in [9.17, 15) is 14.0 Å². The average Bonchev–Trinajstić information content (AvgIpc) is 3.67. The second-order valence-corrected chi connectivity index (χ2v) is 12.5. The van der Waals surface area contributed by atoms with E-state index < -0.39 is 6.03 Å². The van der Waals surface area contributed by atoms with E-state index in [0.29, 0.717) is 32.0 Å². The van der Waals surface area contributed by atoms with Gasteiger partial charge in [0, 0.05) is 18.3 Å². The number of aromatic nitrogens is 2. The molecule has 45 heavy (non-hydrogen) atoms. The number of amides is 3. The number of benzene rings is 3. The molecule has 0 spiro atoms. The first kappa shape index (κ1) is 29.4. The van der Waals surface area contributed by atoms with Crippen LogP contribution in [0.3, 0.4) is 0 Å². The SMILES string of the molecule is O=C(Nc1ccc(CN2CCCC2)cc1)c1sc2ncnc3c2c1NC(=O)N3c1cc(OCc2cccc(F)c2)c(Cl)cc1Cl. The van der Waals surface area contributed by atoms with Crippen molar-refractivity contribution in [2.75, 3.05) is 28.6 Å². The van der Waals surface area contributed by atoms with Crippen molar-refractivity contribution < 1.29 is 18.7 Å². The Morgan fingerprint density at radius 3 is 2.60 bits per heavy atom. The number of nitrogens with zero attached hydrogens (tertiary/aromatic N) is 4. The molecule has 5 aromatic rings. The van der Waals surface area contributed by atoms with Crippen LogP contribution in [0, 0.1) is 5.82 Å². The Balaban J connectivity index is 1.16. The van der Waals surface area contributed by atoms with Gasteiger partial charge in [-0.3, -0.25) is 9.69 Å². The smallest absolute Gasteiger partial charge is 0.332 e. The van der Waals surface area contributed by atoms with Crippen LogP contribution in [0.25, 0.3) is 10.2 Å². The number of hydrogen-bond donors (Lipinski definition) is 2. The van der Waals surface area contributed by atoms with Crippen molar-refractivity contribution in [1.29, 1.82) is 0 Å². The number of ether oxygens (including phenoxy) is 1. The van der Waals surface area contributed by atoms with Crippen molar-refractivity contribution in [3.63, 3.8) is 0 Å². The lowest BCUT2D eigenvalue weighted by molar-refractivity contribution is 0.103. The zero-order valence-corrected chi connectivity index (χ0v) is 26.0. The van der Waals surface area contributed by atoms with Gasteiger partial charge in [-0.05, 0) is 67.4 Å². The number of nitrogens with one attached hydrogen (secondary N) is 2. The highest BCUT2D eigenvalue weighted by molar-refractivity contribution is 7.21. The molecule has 1 saturated heterocycles. The number of rotatable bonds is 8. The maximum absolute atomic E-state index is 13.7. The van der Waals surface area contributed by atoms with Crippen LogP contribution < -0.4 is 20.3 Å². The second-order valence-electron chi connectivity index (χ2n) is 10.7. The Hall–Kier alpha value is -4.29. The molecule has 2 aliphatic rings. The Labute approximate surface area is 271 Å². The van der Waals surface area contributed by atoms with E-state index >= 15 is 0 Å². The molecule has 0 atom stereocenters. The van der Waals surface area contributed by atoms with E-state index in [1.807, 2.05) is 24.3 Å². The molecule has 9 nitrogen and oxygen atoms in total. The van der Waals surface area contributed by atoms with Gasteiger partial charge in [0.05, 0.1) is 26.8 Å². The molecule has 2 aromatic heterocycles. The molecule has 0 aliphatic carbocycles. The predicted octanol–water partition coefficient (Wildman–Crippen LogP) is 8.25. The Kier molecular flexibility index (Phi) is 8.01. The fraction of sp³-hybridized carbons (Fsp3) is 0.188. The van der Waals surface area contributed by atoms with E-state index in [2.05, 4.69) is 25.5 Å². The van der Waals surface area contributed by atoms with Crippen LogP contribution in [0.5, 0.6) is 5.75 Å². The molecular weight excluding hydrogens is 638 g/mol. The molecule has 3 amide bonds. The van der Waals surface area contributed by atoms with Crippen LogP contribution in [0.15, 0.2) is 67.0 Å². The number of likely N-dealkylation sites (tertiary alicyclic amines) is 1. The van der Waals surface area contributed by atoms with Gasteiger partial charge in [-0.1, -0.05) is 47.5 Å². The highest BCUT2D eigenvalue weighted by atomic mass is 35.5. The van der Waals surface area contributed by atoms with Crippen molar-refractivity contribution in [3.8, 4) is 5.75 Å². The molecule has 3 aromatic carbocycles. The minimum absolute atomic E-state index is 0.0385. The standard InChI is InChI=1S/C32H25Cl2FN6O3S/c33-22-13-23(34)25(44-16-19-4-3-5-20(35)12-19)14-24(22)41-29-26-27(39-32(41)43)28(45-31(26)37-17-36-29)30(42)38-21-8-6-18(7-9-21)15-40-10-1-2-11-40/h3-9,12-14,17H,1-2,10-11,15-16H2,(H,38,42)(H,39,43). The second kappa shape index (κ2) is 12.2. The molecular formula is C32H25Cl2FN6O3S. The van der Waals surface area contributed by atoms with Crippen LogP contribution in [0.2, 0.25) is 10.0 Å². The Morgan fingerprint density at radius 2 is 1.82 bits per heavy atom. The third-order valence-corrected chi connectivity index (χ3v) is 9.36. The number of halogens is 3. The topological polar surface area (TPSA) is 99.7 Å². The highest BCUT2D eigenvalue weighted by Gasteiger charge is 2.35. The molecule has 1 fully saturated rings. The largest absolute Gasteiger partial charge is 0.487 e. The first-order valence-electron chi connectivity index (χ1n) is 14.2.